The summed E-state index contributed by atoms with van der Waals surface area (Å²) in [4.78, 5) is 33.9. The first-order valence-corrected chi connectivity index (χ1v) is 21.4. The molecule has 0 spiro atoms. The second-order valence-electron chi connectivity index (χ2n) is 15.8. The summed E-state index contributed by atoms with van der Waals surface area (Å²) in [5.41, 5.74) is 11.0. The number of methoxy groups -OCH3 is 1. The van der Waals surface area contributed by atoms with Gasteiger partial charge in [-0.2, -0.15) is 0 Å². The van der Waals surface area contributed by atoms with Crippen LogP contribution >= 0.6 is 23.2 Å². The maximum atomic E-state index is 14.1. The van der Waals surface area contributed by atoms with Gasteiger partial charge in [0.05, 0.1) is 29.8 Å². The second kappa shape index (κ2) is 19.0. The minimum atomic E-state index is -0.822. The van der Waals surface area contributed by atoms with Crippen molar-refractivity contribution in [3.8, 4) is 22.6 Å². The minimum absolute atomic E-state index is 0.136. The first-order chi connectivity index (χ1) is 28.5. The zero-order valence-electron chi connectivity index (χ0n) is 34.5. The number of rotatable bonds is 13. The number of hydrogen-bond donors (Lipinski definition) is 1. The maximum Gasteiger partial charge on any atom is 0.328 e. The molecule has 2 aliphatic heterocycles. The van der Waals surface area contributed by atoms with E-state index in [2.05, 4.69) is 84.5 Å². The number of benzene rings is 4. The number of ether oxygens (including phenoxy) is 3. The van der Waals surface area contributed by atoms with Gasteiger partial charge in [0.15, 0.2) is 0 Å². The number of esters is 1. The number of amides is 1. The fourth-order valence-corrected chi connectivity index (χ4v) is 8.76. The molecule has 0 saturated heterocycles. The van der Waals surface area contributed by atoms with E-state index >= 15 is 0 Å². The molecule has 5 aromatic rings. The van der Waals surface area contributed by atoms with Gasteiger partial charge in [0.25, 0.3) is 0 Å². The Morgan fingerprint density at radius 3 is 2.41 bits per heavy atom. The van der Waals surface area contributed by atoms with Gasteiger partial charge in [-0.05, 0) is 145 Å². The topological polar surface area (TPSA) is 90.0 Å². The lowest BCUT2D eigenvalue weighted by atomic mass is 9.86. The molecule has 0 saturated carbocycles. The third kappa shape index (κ3) is 9.78. The Hall–Kier alpha value is -4.89. The van der Waals surface area contributed by atoms with Gasteiger partial charge in [0.2, 0.25) is 5.91 Å². The zero-order valence-corrected chi connectivity index (χ0v) is 36.0. The highest BCUT2D eigenvalue weighted by atomic mass is 35.5. The summed E-state index contributed by atoms with van der Waals surface area (Å²) in [7, 11) is 1.36. The lowest BCUT2D eigenvalue weighted by Crippen LogP contribution is -2.54. The van der Waals surface area contributed by atoms with Crippen LogP contribution in [0.4, 0.5) is 0 Å². The van der Waals surface area contributed by atoms with E-state index in [1.807, 2.05) is 49.5 Å². The van der Waals surface area contributed by atoms with Gasteiger partial charge >= 0.3 is 5.97 Å². The van der Waals surface area contributed by atoms with Crippen molar-refractivity contribution in [2.45, 2.75) is 96.9 Å². The van der Waals surface area contributed by atoms with Gasteiger partial charge in [-0.1, -0.05) is 85.6 Å². The highest BCUT2D eigenvalue weighted by molar-refractivity contribution is 6.42. The maximum absolute atomic E-state index is 14.1. The molecule has 4 aromatic carbocycles. The monoisotopic (exact) mass is 833 g/mol. The van der Waals surface area contributed by atoms with Crippen molar-refractivity contribution >= 4 is 35.1 Å². The first kappa shape index (κ1) is 42.2. The van der Waals surface area contributed by atoms with Crippen LogP contribution in [-0.4, -0.2) is 54.1 Å². The molecule has 3 heterocycles. The number of aromatic nitrogens is 1. The number of fused-ring (bicyclic) bond motifs is 2. The Bertz CT molecular complexity index is 2280. The molecule has 1 amide bonds. The summed E-state index contributed by atoms with van der Waals surface area (Å²) in [6.07, 6.45) is 5.95. The molecule has 308 valence electrons. The van der Waals surface area contributed by atoms with Crippen LogP contribution in [0.3, 0.4) is 0 Å². The van der Waals surface area contributed by atoms with Gasteiger partial charge < -0.3 is 19.5 Å². The summed E-state index contributed by atoms with van der Waals surface area (Å²) in [5, 5.41) is 4.13. The fourth-order valence-electron chi connectivity index (χ4n) is 8.45. The van der Waals surface area contributed by atoms with Crippen molar-refractivity contribution in [1.82, 2.24) is 15.2 Å². The number of hydrogen-bond acceptors (Lipinski definition) is 7. The SMILES string of the molecule is CCCN1Cc2cc3c(cc2C[C@H]1C(=O)N[C@@H](Cc1ccc(-c2ccnc(C)c2C)cc1)C(=O)OC)OCC[C@@H](c1ccc(O[C@H](CC)c2ccc(Cl)c(Cl)c2)cc1)C3. The summed E-state index contributed by atoms with van der Waals surface area (Å²) >= 11 is 12.4. The van der Waals surface area contributed by atoms with Gasteiger partial charge in [0.1, 0.15) is 23.6 Å². The number of nitrogens with one attached hydrogen (secondary N) is 1. The average Bonchev–Trinajstić information content (AvgIpc) is 3.45. The number of pyridine rings is 1. The van der Waals surface area contributed by atoms with E-state index in [1.54, 1.807) is 0 Å². The smallest absolute Gasteiger partial charge is 0.328 e. The van der Waals surface area contributed by atoms with Crippen LogP contribution in [0.5, 0.6) is 11.5 Å². The van der Waals surface area contributed by atoms with E-state index in [0.29, 0.717) is 36.0 Å². The largest absolute Gasteiger partial charge is 0.493 e. The zero-order chi connectivity index (χ0) is 41.6. The molecule has 59 heavy (non-hydrogen) atoms. The predicted octanol–water partition coefficient (Wildman–Crippen LogP) is 10.3. The fraction of sp³-hybridized carbons (Fsp3) is 0.367. The van der Waals surface area contributed by atoms with E-state index in [0.717, 1.165) is 82.8 Å². The molecule has 0 bridgehead atoms. The number of carbonyl (C=O) groups is 2. The van der Waals surface area contributed by atoms with Crippen molar-refractivity contribution < 1.29 is 23.8 Å². The Balaban J connectivity index is 1.03. The Kier molecular flexibility index (Phi) is 13.6. The van der Waals surface area contributed by atoms with Crippen LogP contribution in [-0.2, 0) is 40.1 Å². The van der Waals surface area contributed by atoms with Crippen molar-refractivity contribution in [1.29, 1.82) is 0 Å². The molecule has 4 atom stereocenters. The molecule has 8 nitrogen and oxygen atoms in total. The molecule has 2 aliphatic rings. The van der Waals surface area contributed by atoms with E-state index < -0.39 is 18.1 Å². The number of aryl methyl sites for hydroxylation is 1. The van der Waals surface area contributed by atoms with Crippen LogP contribution in [0.15, 0.2) is 91.1 Å². The number of halogens is 2. The van der Waals surface area contributed by atoms with E-state index in [-0.39, 0.29) is 17.9 Å². The summed E-state index contributed by atoms with van der Waals surface area (Å²) in [6.45, 7) is 10.3. The standard InChI is InChI=1S/C49H53Cl2N3O5/c1-6-21-54-29-39-25-38-24-35(33-12-15-40(16-13-33)59-46(7-2)36-14-17-42(50)43(51)26-36)19-22-58-47(38)28-37(39)27-45(54)48(55)53-44(49(56)57-5)23-32-8-10-34(11-9-32)41-18-20-52-31(4)30(41)3/h8-18,20,25-26,28,35,44-46H,6-7,19,21-24,27,29H2,1-5H3,(H,53,55)/t35-,44+,45+,46-/m1/s1. The predicted molar refractivity (Wildman–Crippen MR) is 235 cm³/mol. The van der Waals surface area contributed by atoms with E-state index in [1.165, 1.54) is 23.8 Å². The Morgan fingerprint density at radius 1 is 0.915 bits per heavy atom. The summed E-state index contributed by atoms with van der Waals surface area (Å²) in [5.74, 6) is 1.33. The minimum Gasteiger partial charge on any atom is -0.493 e. The van der Waals surface area contributed by atoms with Crippen LogP contribution in [0, 0.1) is 13.8 Å². The third-order valence-electron chi connectivity index (χ3n) is 11.9. The highest BCUT2D eigenvalue weighted by Crippen LogP contribution is 2.38. The molecule has 1 aromatic heterocycles. The van der Waals surface area contributed by atoms with E-state index in [4.69, 9.17) is 37.4 Å². The van der Waals surface area contributed by atoms with Crippen molar-refractivity contribution in [2.75, 3.05) is 20.3 Å². The molecule has 0 unspecified atom stereocenters. The van der Waals surface area contributed by atoms with Gasteiger partial charge in [-0.15, -0.1) is 0 Å². The third-order valence-corrected chi connectivity index (χ3v) is 12.6. The van der Waals surface area contributed by atoms with E-state index in [9.17, 15) is 9.59 Å². The second-order valence-corrected chi connectivity index (χ2v) is 16.6. The summed E-state index contributed by atoms with van der Waals surface area (Å²) < 4.78 is 18.0. The van der Waals surface area contributed by atoms with Gasteiger partial charge in [-0.3, -0.25) is 14.7 Å². The average molecular weight is 835 g/mol. The Morgan fingerprint density at radius 2 is 1.69 bits per heavy atom. The lowest BCUT2D eigenvalue weighted by Gasteiger charge is -2.37. The van der Waals surface area contributed by atoms with Gasteiger partial charge in [-0.25, -0.2) is 4.79 Å². The molecule has 0 radical (unpaired) electrons. The number of carbonyl (C=O) groups excluding carboxylic acids is 2. The van der Waals surface area contributed by atoms with Crippen LogP contribution in [0.2, 0.25) is 10.0 Å². The lowest BCUT2D eigenvalue weighted by molar-refractivity contribution is -0.145. The van der Waals surface area contributed by atoms with Crippen molar-refractivity contribution in [3.05, 3.63) is 146 Å². The molecule has 1 N–H and O–H groups in total. The quantitative estimate of drug-likeness (QED) is 0.118. The molecule has 0 aliphatic carbocycles. The number of nitrogens with zero attached hydrogens (tertiary/aromatic N) is 2. The highest BCUT2D eigenvalue weighted by Gasteiger charge is 2.35. The molecular formula is C49H53Cl2N3O5. The van der Waals surface area contributed by atoms with Crippen molar-refractivity contribution in [2.24, 2.45) is 0 Å². The molecule has 7 rings (SSSR count). The molecule has 0 fully saturated rings. The van der Waals surface area contributed by atoms with Crippen LogP contribution in [0.1, 0.15) is 89.8 Å². The Labute approximate surface area is 358 Å². The molecule has 10 heteroatoms. The van der Waals surface area contributed by atoms with Crippen LogP contribution in [0.25, 0.3) is 11.1 Å². The van der Waals surface area contributed by atoms with Crippen molar-refractivity contribution in [3.63, 3.8) is 0 Å². The molecular weight excluding hydrogens is 781 g/mol. The van der Waals surface area contributed by atoms with Gasteiger partial charge in [0, 0.05) is 24.9 Å². The summed E-state index contributed by atoms with van der Waals surface area (Å²) in [6, 6.07) is 27.4. The van der Waals surface area contributed by atoms with Crippen LogP contribution < -0.4 is 14.8 Å². The normalized spacial score (nSPS) is 17.4. The first-order valence-electron chi connectivity index (χ1n) is 20.7.